The Balaban J connectivity index is 2.29. The first-order valence-electron chi connectivity index (χ1n) is 6.37. The molecule has 0 unspecified atom stereocenters. The molecule has 1 aromatic heterocycles. The van der Waals surface area contributed by atoms with Crippen LogP contribution in [0.15, 0.2) is 18.3 Å². The second-order valence-corrected chi connectivity index (χ2v) is 5.68. The molecule has 1 aromatic rings. The summed E-state index contributed by atoms with van der Waals surface area (Å²) in [5.74, 6) is 0. The summed E-state index contributed by atoms with van der Waals surface area (Å²) in [7, 11) is 0. The molecule has 2 nitrogen and oxygen atoms in total. The Morgan fingerprint density at radius 3 is 2.69 bits per heavy atom. The van der Waals surface area contributed by atoms with Crippen molar-refractivity contribution in [1.29, 1.82) is 0 Å². The summed E-state index contributed by atoms with van der Waals surface area (Å²) in [6.07, 6.45) is 4.59. The number of aromatic nitrogens is 1. The monoisotopic (exact) mass is 222 g/mol. The van der Waals surface area contributed by atoms with Crippen LogP contribution in [0.5, 0.6) is 0 Å². The maximum atomic E-state index is 3.52. The Labute approximate surface area is 100 Å². The van der Waals surface area contributed by atoms with Gasteiger partial charge >= 0.3 is 0 Å². The van der Waals surface area contributed by atoms with Crippen LogP contribution in [0.4, 0.5) is 0 Å². The standard InChI is InChI=1S/C14H26N2/c1-5-10-16-11-6-7-13(16)12-15-9-8-14(2,3)4/h6-7,11,15H,5,8-10,12H2,1-4H3. The lowest BCUT2D eigenvalue weighted by Crippen LogP contribution is -2.21. The minimum atomic E-state index is 0.429. The molecule has 92 valence electrons. The summed E-state index contributed by atoms with van der Waals surface area (Å²) in [6, 6.07) is 4.34. The van der Waals surface area contributed by atoms with Crippen LogP contribution in [0, 0.1) is 5.41 Å². The molecular weight excluding hydrogens is 196 g/mol. The average Bonchev–Trinajstić information content (AvgIpc) is 2.60. The number of aryl methyl sites for hydroxylation is 1. The Kier molecular flexibility index (Phi) is 5.07. The van der Waals surface area contributed by atoms with Crippen molar-refractivity contribution < 1.29 is 0 Å². The molecule has 16 heavy (non-hydrogen) atoms. The number of hydrogen-bond acceptors (Lipinski definition) is 1. The summed E-state index contributed by atoms with van der Waals surface area (Å²) < 4.78 is 2.34. The minimum Gasteiger partial charge on any atom is -0.350 e. The van der Waals surface area contributed by atoms with Crippen LogP contribution < -0.4 is 5.32 Å². The van der Waals surface area contributed by atoms with Crippen LogP contribution in [-0.2, 0) is 13.1 Å². The lowest BCUT2D eigenvalue weighted by molar-refractivity contribution is 0.365. The maximum Gasteiger partial charge on any atom is 0.0359 e. The predicted molar refractivity (Wildman–Crippen MR) is 70.5 cm³/mol. The van der Waals surface area contributed by atoms with Crippen molar-refractivity contribution in [3.05, 3.63) is 24.0 Å². The van der Waals surface area contributed by atoms with E-state index in [1.165, 1.54) is 18.5 Å². The van der Waals surface area contributed by atoms with Crippen LogP contribution in [0.1, 0.15) is 46.2 Å². The van der Waals surface area contributed by atoms with Crippen LogP contribution in [0.3, 0.4) is 0 Å². The molecule has 0 aromatic carbocycles. The van der Waals surface area contributed by atoms with Crippen LogP contribution in [-0.4, -0.2) is 11.1 Å². The highest BCUT2D eigenvalue weighted by atomic mass is 15.0. The van der Waals surface area contributed by atoms with E-state index in [1.54, 1.807) is 0 Å². The highest BCUT2D eigenvalue weighted by Gasteiger charge is 2.08. The minimum absolute atomic E-state index is 0.429. The van der Waals surface area contributed by atoms with Crippen molar-refractivity contribution in [2.45, 2.75) is 53.6 Å². The molecule has 0 aliphatic carbocycles. The molecule has 0 saturated carbocycles. The van der Waals surface area contributed by atoms with Gasteiger partial charge in [0.15, 0.2) is 0 Å². The lowest BCUT2D eigenvalue weighted by Gasteiger charge is -2.18. The molecule has 0 atom stereocenters. The van der Waals surface area contributed by atoms with Gasteiger partial charge in [0.05, 0.1) is 0 Å². The third kappa shape index (κ3) is 4.84. The fourth-order valence-electron chi connectivity index (χ4n) is 1.75. The smallest absolute Gasteiger partial charge is 0.0359 e. The Morgan fingerprint density at radius 1 is 1.31 bits per heavy atom. The van der Waals surface area contributed by atoms with E-state index in [2.05, 4.69) is 55.9 Å². The second-order valence-electron chi connectivity index (χ2n) is 5.68. The van der Waals surface area contributed by atoms with Gasteiger partial charge in [-0.25, -0.2) is 0 Å². The lowest BCUT2D eigenvalue weighted by atomic mass is 9.92. The van der Waals surface area contributed by atoms with Gasteiger partial charge in [-0.2, -0.15) is 0 Å². The van der Waals surface area contributed by atoms with Gasteiger partial charge in [0.1, 0.15) is 0 Å². The Hall–Kier alpha value is -0.760. The fourth-order valence-corrected chi connectivity index (χ4v) is 1.75. The molecular formula is C14H26N2. The molecule has 1 N–H and O–H groups in total. The quantitative estimate of drug-likeness (QED) is 0.730. The largest absolute Gasteiger partial charge is 0.350 e. The molecule has 0 saturated heterocycles. The molecule has 0 fully saturated rings. The third-order valence-corrected chi connectivity index (χ3v) is 2.75. The first-order valence-corrected chi connectivity index (χ1v) is 6.37. The highest BCUT2D eigenvalue weighted by Crippen LogP contribution is 2.17. The summed E-state index contributed by atoms with van der Waals surface area (Å²) in [4.78, 5) is 0. The molecule has 0 spiro atoms. The van der Waals surface area contributed by atoms with E-state index in [0.717, 1.165) is 19.6 Å². The van der Waals surface area contributed by atoms with E-state index < -0.39 is 0 Å². The molecule has 0 radical (unpaired) electrons. The van der Waals surface area contributed by atoms with Crippen molar-refractivity contribution in [1.82, 2.24) is 9.88 Å². The third-order valence-electron chi connectivity index (χ3n) is 2.75. The van der Waals surface area contributed by atoms with E-state index in [0.29, 0.717) is 5.41 Å². The van der Waals surface area contributed by atoms with Gasteiger partial charge < -0.3 is 9.88 Å². The zero-order valence-corrected chi connectivity index (χ0v) is 11.2. The van der Waals surface area contributed by atoms with Crippen LogP contribution in [0.2, 0.25) is 0 Å². The number of rotatable bonds is 6. The molecule has 0 amide bonds. The van der Waals surface area contributed by atoms with Gasteiger partial charge in [-0.15, -0.1) is 0 Å². The normalized spacial score (nSPS) is 12.0. The summed E-state index contributed by atoms with van der Waals surface area (Å²) in [5.41, 5.74) is 1.83. The first-order chi connectivity index (χ1) is 7.53. The zero-order valence-electron chi connectivity index (χ0n) is 11.2. The summed E-state index contributed by atoms with van der Waals surface area (Å²) in [5, 5.41) is 3.52. The van der Waals surface area contributed by atoms with Gasteiger partial charge in [0.2, 0.25) is 0 Å². The molecule has 0 aliphatic rings. The molecule has 2 heteroatoms. The van der Waals surface area contributed by atoms with Gasteiger partial charge in [-0.1, -0.05) is 27.7 Å². The van der Waals surface area contributed by atoms with E-state index in [4.69, 9.17) is 0 Å². The fraction of sp³-hybridized carbons (Fsp3) is 0.714. The molecule has 1 heterocycles. The predicted octanol–water partition coefficient (Wildman–Crippen LogP) is 3.42. The van der Waals surface area contributed by atoms with E-state index in [9.17, 15) is 0 Å². The maximum absolute atomic E-state index is 3.52. The second kappa shape index (κ2) is 6.09. The van der Waals surface area contributed by atoms with E-state index in [-0.39, 0.29) is 0 Å². The van der Waals surface area contributed by atoms with Crippen molar-refractivity contribution in [2.75, 3.05) is 6.54 Å². The summed E-state index contributed by atoms with van der Waals surface area (Å²) in [6.45, 7) is 12.3. The van der Waals surface area contributed by atoms with Gasteiger partial charge in [-0.3, -0.25) is 0 Å². The summed E-state index contributed by atoms with van der Waals surface area (Å²) >= 11 is 0. The topological polar surface area (TPSA) is 17.0 Å². The van der Waals surface area contributed by atoms with Gasteiger partial charge in [-0.05, 0) is 36.9 Å². The molecule has 0 aliphatic heterocycles. The van der Waals surface area contributed by atoms with Gasteiger partial charge in [0.25, 0.3) is 0 Å². The Bertz CT molecular complexity index is 294. The van der Waals surface area contributed by atoms with Gasteiger partial charge in [0, 0.05) is 25.0 Å². The SMILES string of the molecule is CCCn1cccc1CNCCC(C)(C)C. The number of nitrogens with one attached hydrogen (secondary N) is 1. The molecule has 0 bridgehead atoms. The molecule has 1 rings (SSSR count). The van der Waals surface area contributed by atoms with E-state index in [1.807, 2.05) is 0 Å². The zero-order chi connectivity index (χ0) is 12.0. The van der Waals surface area contributed by atoms with Crippen LogP contribution in [0.25, 0.3) is 0 Å². The van der Waals surface area contributed by atoms with Crippen molar-refractivity contribution in [3.63, 3.8) is 0 Å². The Morgan fingerprint density at radius 2 is 2.06 bits per heavy atom. The highest BCUT2D eigenvalue weighted by molar-refractivity contribution is 5.06. The van der Waals surface area contributed by atoms with Crippen molar-refractivity contribution in [3.8, 4) is 0 Å². The first kappa shape index (κ1) is 13.3. The van der Waals surface area contributed by atoms with Crippen LogP contribution >= 0.6 is 0 Å². The van der Waals surface area contributed by atoms with E-state index >= 15 is 0 Å². The van der Waals surface area contributed by atoms with Crippen molar-refractivity contribution in [2.24, 2.45) is 5.41 Å². The van der Waals surface area contributed by atoms with Crippen molar-refractivity contribution >= 4 is 0 Å². The number of hydrogen-bond donors (Lipinski definition) is 1. The number of nitrogens with zero attached hydrogens (tertiary/aromatic N) is 1. The average molecular weight is 222 g/mol.